The summed E-state index contributed by atoms with van der Waals surface area (Å²) in [6.07, 6.45) is 11.2. The quantitative estimate of drug-likeness (QED) is 0.681. The first-order chi connectivity index (χ1) is 10.3. The number of carbonyl (C=O) groups excluding carboxylic acids is 1. The van der Waals surface area contributed by atoms with E-state index in [1.54, 1.807) is 5.71 Å². The molecule has 7 fully saturated rings. The lowest BCUT2D eigenvalue weighted by Gasteiger charge is -2.48. The predicted molar refractivity (Wildman–Crippen MR) is 78.6 cm³/mol. The molecule has 6 saturated carbocycles. The standard InChI is InChI=1S/C18H24N2O/c21-18-15-11-1-2-12(8-11)17(15)20(19-18)16-13-4-9-3-10(6-13)7-14(16)5-9/h9-15,17H,1-8H2/p+1/t9?,10?,11-,12+,13?,14?,15+,17-/m1/s1. The minimum absolute atomic E-state index is 0.327. The molecule has 112 valence electrons. The van der Waals surface area contributed by atoms with Gasteiger partial charge >= 0.3 is 0 Å². The zero-order chi connectivity index (χ0) is 13.7. The molecule has 21 heavy (non-hydrogen) atoms. The normalized spacial score (nSPS) is 56.3. The predicted octanol–water partition coefficient (Wildman–Crippen LogP) is 2.36. The Balaban J connectivity index is 1.46. The van der Waals surface area contributed by atoms with Gasteiger partial charge in [0.2, 0.25) is 0 Å². The fourth-order valence-corrected chi connectivity index (χ4v) is 7.57. The van der Waals surface area contributed by atoms with Crippen LogP contribution in [0.2, 0.25) is 0 Å². The van der Waals surface area contributed by atoms with E-state index < -0.39 is 0 Å². The van der Waals surface area contributed by atoms with E-state index in [2.05, 4.69) is 10.1 Å². The topological polar surface area (TPSA) is 32.1 Å². The number of hydrogen-bond donors (Lipinski definition) is 1. The molecule has 1 amide bonds. The first-order valence-corrected chi connectivity index (χ1v) is 9.24. The van der Waals surface area contributed by atoms with Crippen LogP contribution in [0, 0.1) is 41.4 Å². The first kappa shape index (κ1) is 11.7. The van der Waals surface area contributed by atoms with Gasteiger partial charge < -0.3 is 0 Å². The van der Waals surface area contributed by atoms with Gasteiger partial charge in [0.15, 0.2) is 11.8 Å². The van der Waals surface area contributed by atoms with Crippen LogP contribution in [0.5, 0.6) is 0 Å². The van der Waals surface area contributed by atoms with Crippen LogP contribution in [0.1, 0.15) is 51.4 Å². The van der Waals surface area contributed by atoms with Gasteiger partial charge in [-0.15, -0.1) is 10.1 Å². The van der Waals surface area contributed by atoms with Crippen LogP contribution < -0.4 is 5.43 Å². The van der Waals surface area contributed by atoms with Gasteiger partial charge in [-0.2, -0.15) is 0 Å². The number of nitrogens with one attached hydrogen (secondary N) is 1. The van der Waals surface area contributed by atoms with Gasteiger partial charge in [0.25, 0.3) is 5.91 Å². The number of hydrazone groups is 1. The van der Waals surface area contributed by atoms with E-state index in [0.29, 0.717) is 23.8 Å². The highest BCUT2D eigenvalue weighted by atomic mass is 16.2. The molecule has 0 aromatic carbocycles. The summed E-state index contributed by atoms with van der Waals surface area (Å²) in [6, 6.07) is 0.531. The number of rotatable bonds is 0. The molecule has 1 N–H and O–H groups in total. The Morgan fingerprint density at radius 2 is 1.52 bits per heavy atom. The van der Waals surface area contributed by atoms with E-state index in [-0.39, 0.29) is 0 Å². The summed E-state index contributed by atoms with van der Waals surface area (Å²) in [5.41, 5.74) is 5.02. The van der Waals surface area contributed by atoms with E-state index in [9.17, 15) is 4.79 Å². The van der Waals surface area contributed by atoms with Gasteiger partial charge in [0, 0.05) is 17.8 Å². The molecule has 0 aromatic rings. The molecule has 3 heteroatoms. The zero-order valence-corrected chi connectivity index (χ0v) is 12.6. The molecule has 6 bridgehead atoms. The number of carbonyl (C=O) groups is 1. The second-order valence-electron chi connectivity index (χ2n) is 8.92. The van der Waals surface area contributed by atoms with Gasteiger partial charge in [0.1, 0.15) is 5.92 Å². The molecule has 3 nitrogen and oxygen atoms in total. The van der Waals surface area contributed by atoms with E-state index in [1.807, 2.05) is 0 Å². The molecule has 0 aromatic heterocycles. The van der Waals surface area contributed by atoms with Crippen LogP contribution in [0.15, 0.2) is 0 Å². The Morgan fingerprint density at radius 1 is 0.857 bits per heavy atom. The van der Waals surface area contributed by atoms with Crippen molar-refractivity contribution in [3.63, 3.8) is 0 Å². The Kier molecular flexibility index (Phi) is 2.07. The highest BCUT2D eigenvalue weighted by molar-refractivity contribution is 5.89. The smallest absolute Gasteiger partial charge is 0.269 e. The van der Waals surface area contributed by atoms with Crippen molar-refractivity contribution in [2.45, 2.75) is 57.4 Å². The zero-order valence-electron chi connectivity index (χ0n) is 12.6. The van der Waals surface area contributed by atoms with Crippen LogP contribution in [0.25, 0.3) is 0 Å². The summed E-state index contributed by atoms with van der Waals surface area (Å²) in [5, 5.41) is 0. The third-order valence-corrected chi connectivity index (χ3v) is 7.96. The molecule has 0 unspecified atom stereocenters. The molecule has 7 rings (SSSR count). The van der Waals surface area contributed by atoms with Gasteiger partial charge in [0.05, 0.1) is 0 Å². The second-order valence-corrected chi connectivity index (χ2v) is 8.92. The Morgan fingerprint density at radius 3 is 2.24 bits per heavy atom. The molecular formula is C18H25N2O+. The summed E-state index contributed by atoms with van der Waals surface area (Å²) in [5.74, 6) is 5.79. The highest BCUT2D eigenvalue weighted by Crippen LogP contribution is 2.55. The largest absolute Gasteiger partial charge is 0.284 e. The SMILES string of the molecule is O=C1N[N+](=C2C3CC4CC(C3)CC2C4)[C@@H]2[C@H]3CC[C@H](C3)[C@H]12. The van der Waals surface area contributed by atoms with E-state index in [1.165, 1.54) is 51.4 Å². The summed E-state index contributed by atoms with van der Waals surface area (Å²) in [4.78, 5) is 12.5. The fraction of sp³-hybridized carbons (Fsp3) is 0.889. The van der Waals surface area contributed by atoms with Gasteiger partial charge in [-0.05, 0) is 69.1 Å². The average molecular weight is 285 g/mol. The van der Waals surface area contributed by atoms with Crippen LogP contribution >= 0.6 is 0 Å². The van der Waals surface area contributed by atoms with Crippen molar-refractivity contribution in [2.24, 2.45) is 41.4 Å². The maximum Gasteiger partial charge on any atom is 0.284 e. The second kappa shape index (κ2) is 3.72. The molecule has 1 saturated heterocycles. The molecule has 7 aliphatic rings. The molecule has 0 radical (unpaired) electrons. The maximum absolute atomic E-state index is 12.5. The number of hydrogen-bond acceptors (Lipinski definition) is 1. The van der Waals surface area contributed by atoms with Crippen molar-refractivity contribution in [3.8, 4) is 0 Å². The van der Waals surface area contributed by atoms with Crippen molar-refractivity contribution >= 4 is 11.6 Å². The summed E-state index contributed by atoms with van der Waals surface area (Å²) in [6.45, 7) is 0. The van der Waals surface area contributed by atoms with E-state index in [0.717, 1.165) is 29.6 Å². The molecule has 1 aliphatic heterocycles. The van der Waals surface area contributed by atoms with Crippen LogP contribution in [0.3, 0.4) is 0 Å². The third kappa shape index (κ3) is 1.37. The molecule has 4 atom stereocenters. The first-order valence-electron chi connectivity index (χ1n) is 9.24. The maximum atomic E-state index is 12.5. The Bertz CT molecular complexity index is 536. The molecular weight excluding hydrogens is 260 g/mol. The van der Waals surface area contributed by atoms with Crippen molar-refractivity contribution in [1.29, 1.82) is 0 Å². The van der Waals surface area contributed by atoms with Gasteiger partial charge in [-0.1, -0.05) is 0 Å². The Labute approximate surface area is 126 Å². The lowest BCUT2D eigenvalue weighted by Crippen LogP contribution is -2.52. The van der Waals surface area contributed by atoms with Crippen LogP contribution in [0.4, 0.5) is 0 Å². The summed E-state index contributed by atoms with van der Waals surface area (Å²) >= 11 is 0. The molecule has 1 heterocycles. The van der Waals surface area contributed by atoms with Gasteiger partial charge in [-0.25, -0.2) is 0 Å². The van der Waals surface area contributed by atoms with Crippen molar-refractivity contribution in [3.05, 3.63) is 0 Å². The lowest BCUT2D eigenvalue weighted by molar-refractivity contribution is -0.608. The van der Waals surface area contributed by atoms with Crippen molar-refractivity contribution in [2.75, 3.05) is 0 Å². The van der Waals surface area contributed by atoms with Crippen molar-refractivity contribution in [1.82, 2.24) is 5.43 Å². The summed E-state index contributed by atoms with van der Waals surface area (Å²) in [7, 11) is 0. The fourth-order valence-electron chi connectivity index (χ4n) is 7.57. The lowest BCUT2D eigenvalue weighted by atomic mass is 9.55. The number of amides is 1. The number of hydrazine groups is 1. The minimum atomic E-state index is 0.327. The minimum Gasteiger partial charge on any atom is -0.269 e. The summed E-state index contributed by atoms with van der Waals surface area (Å²) < 4.78 is 2.46. The monoisotopic (exact) mass is 285 g/mol. The van der Waals surface area contributed by atoms with Crippen LogP contribution in [-0.2, 0) is 4.79 Å². The Hall–Kier alpha value is -0.860. The van der Waals surface area contributed by atoms with E-state index in [4.69, 9.17) is 0 Å². The van der Waals surface area contributed by atoms with E-state index >= 15 is 0 Å². The van der Waals surface area contributed by atoms with Crippen LogP contribution in [-0.4, -0.2) is 22.3 Å². The number of fused-ring (bicyclic) bond motifs is 5. The highest BCUT2D eigenvalue weighted by Gasteiger charge is 2.64. The number of nitrogens with zero attached hydrogens (tertiary/aromatic N) is 1. The molecule has 6 aliphatic carbocycles. The third-order valence-electron chi connectivity index (χ3n) is 7.96. The molecule has 0 spiro atoms. The average Bonchev–Trinajstić information content (AvgIpc) is 3.12. The van der Waals surface area contributed by atoms with Crippen molar-refractivity contribution < 1.29 is 9.48 Å². The van der Waals surface area contributed by atoms with Gasteiger partial charge in [-0.3, -0.25) is 4.79 Å².